The van der Waals surface area contributed by atoms with Gasteiger partial charge in [0.1, 0.15) is 5.69 Å². The van der Waals surface area contributed by atoms with Crippen molar-refractivity contribution >= 4 is 45.4 Å². The van der Waals surface area contributed by atoms with E-state index in [0.29, 0.717) is 11.6 Å². The van der Waals surface area contributed by atoms with Crippen LogP contribution in [-0.2, 0) is 9.53 Å². The van der Waals surface area contributed by atoms with Gasteiger partial charge in [0.15, 0.2) is 5.70 Å². The van der Waals surface area contributed by atoms with E-state index >= 15 is 0 Å². The molecule has 0 atom stereocenters. The molecule has 0 radical (unpaired) electrons. The molecule has 7 heteroatoms. The first-order valence-corrected chi connectivity index (χ1v) is 6.91. The van der Waals surface area contributed by atoms with Crippen LogP contribution in [0.3, 0.4) is 0 Å². The van der Waals surface area contributed by atoms with Crippen LogP contribution in [-0.4, -0.2) is 21.5 Å². The average molecular weight is 336 g/mol. The Morgan fingerprint density at radius 3 is 3.00 bits per heavy atom. The first kappa shape index (κ1) is 12.2. The number of hydrogen-bond acceptors (Lipinski definition) is 6. The maximum atomic E-state index is 11.7. The molecular weight excluding hydrogens is 330 g/mol. The zero-order chi connectivity index (χ0) is 13.2. The van der Waals surface area contributed by atoms with Gasteiger partial charge in [-0.15, -0.1) is 5.10 Å². The number of carbonyl (C=O) groups excluding carboxylic acids is 1. The van der Waals surface area contributed by atoms with Crippen molar-refractivity contribution in [1.82, 2.24) is 9.59 Å². The lowest BCUT2D eigenvalue weighted by Gasteiger charge is -1.99. The molecule has 0 saturated carbocycles. The molecular formula is C12H6BrN3O2S. The van der Waals surface area contributed by atoms with E-state index in [4.69, 9.17) is 4.74 Å². The summed E-state index contributed by atoms with van der Waals surface area (Å²) in [6, 6.07) is 7.39. The Labute approximate surface area is 120 Å². The van der Waals surface area contributed by atoms with Crippen LogP contribution in [0.15, 0.2) is 44.8 Å². The van der Waals surface area contributed by atoms with Crippen molar-refractivity contribution in [2.75, 3.05) is 0 Å². The van der Waals surface area contributed by atoms with Crippen molar-refractivity contribution in [2.45, 2.75) is 0 Å². The molecule has 5 nitrogen and oxygen atoms in total. The molecule has 1 aliphatic rings. The van der Waals surface area contributed by atoms with E-state index in [1.165, 1.54) is 11.5 Å². The van der Waals surface area contributed by atoms with Crippen molar-refractivity contribution in [3.05, 3.63) is 51.1 Å². The Hall–Kier alpha value is -1.86. The third kappa shape index (κ3) is 2.61. The Morgan fingerprint density at radius 2 is 2.26 bits per heavy atom. The highest BCUT2D eigenvalue weighted by atomic mass is 79.9. The van der Waals surface area contributed by atoms with Gasteiger partial charge in [-0.1, -0.05) is 26.5 Å². The number of aromatic nitrogens is 2. The van der Waals surface area contributed by atoms with Crippen LogP contribution < -0.4 is 0 Å². The molecule has 0 aliphatic carbocycles. The molecule has 19 heavy (non-hydrogen) atoms. The van der Waals surface area contributed by atoms with Crippen LogP contribution in [0, 0.1) is 0 Å². The summed E-state index contributed by atoms with van der Waals surface area (Å²) in [7, 11) is 0. The van der Waals surface area contributed by atoms with Gasteiger partial charge in [0.05, 0.1) is 0 Å². The molecule has 1 aromatic carbocycles. The zero-order valence-electron chi connectivity index (χ0n) is 9.41. The lowest BCUT2D eigenvalue weighted by molar-refractivity contribution is -0.129. The third-order valence-electron chi connectivity index (χ3n) is 2.35. The van der Waals surface area contributed by atoms with E-state index in [1.807, 2.05) is 24.3 Å². The van der Waals surface area contributed by atoms with Gasteiger partial charge >= 0.3 is 5.97 Å². The highest BCUT2D eigenvalue weighted by Gasteiger charge is 2.24. The van der Waals surface area contributed by atoms with E-state index in [9.17, 15) is 4.79 Å². The van der Waals surface area contributed by atoms with Gasteiger partial charge in [-0.3, -0.25) is 0 Å². The van der Waals surface area contributed by atoms with Gasteiger partial charge in [0.25, 0.3) is 0 Å². The molecule has 0 saturated heterocycles. The Balaban J connectivity index is 1.95. The largest absolute Gasteiger partial charge is 0.402 e. The number of hydrogen-bond donors (Lipinski definition) is 0. The summed E-state index contributed by atoms with van der Waals surface area (Å²) in [5.41, 5.74) is 1.56. The van der Waals surface area contributed by atoms with Crippen molar-refractivity contribution in [3.63, 3.8) is 0 Å². The van der Waals surface area contributed by atoms with Gasteiger partial charge in [-0.05, 0) is 35.8 Å². The Morgan fingerprint density at radius 1 is 1.37 bits per heavy atom. The molecule has 0 N–H and O–H groups in total. The number of nitrogens with zero attached hydrogens (tertiary/aromatic N) is 3. The summed E-state index contributed by atoms with van der Waals surface area (Å²) >= 11 is 4.57. The number of benzene rings is 1. The monoisotopic (exact) mass is 335 g/mol. The zero-order valence-corrected chi connectivity index (χ0v) is 11.8. The van der Waals surface area contributed by atoms with Gasteiger partial charge in [0, 0.05) is 15.4 Å². The quantitative estimate of drug-likeness (QED) is 0.625. The number of carbonyl (C=O) groups is 1. The Bertz CT molecular complexity index is 695. The summed E-state index contributed by atoms with van der Waals surface area (Å²) in [5, 5.41) is 5.56. The van der Waals surface area contributed by atoms with Crippen molar-refractivity contribution in [1.29, 1.82) is 0 Å². The van der Waals surface area contributed by atoms with E-state index in [1.54, 1.807) is 11.5 Å². The minimum atomic E-state index is -0.483. The SMILES string of the molecule is O=C1OC(c2cccc(Br)c2)=NC1=Cc1csnn1. The van der Waals surface area contributed by atoms with Crippen LogP contribution in [0.2, 0.25) is 0 Å². The maximum Gasteiger partial charge on any atom is 0.363 e. The van der Waals surface area contributed by atoms with Crippen LogP contribution in [0.1, 0.15) is 11.3 Å². The summed E-state index contributed by atoms with van der Waals surface area (Å²) in [6.45, 7) is 0. The topological polar surface area (TPSA) is 64.4 Å². The highest BCUT2D eigenvalue weighted by molar-refractivity contribution is 9.10. The molecule has 0 amide bonds. The fourth-order valence-corrected chi connectivity index (χ4v) is 2.34. The van der Waals surface area contributed by atoms with Crippen LogP contribution in [0.5, 0.6) is 0 Å². The van der Waals surface area contributed by atoms with Crippen molar-refractivity contribution in [2.24, 2.45) is 4.99 Å². The lowest BCUT2D eigenvalue weighted by Crippen LogP contribution is -2.05. The number of ether oxygens (including phenoxy) is 1. The molecule has 0 unspecified atom stereocenters. The van der Waals surface area contributed by atoms with Gasteiger partial charge in [-0.25, -0.2) is 9.79 Å². The molecule has 94 valence electrons. The van der Waals surface area contributed by atoms with Gasteiger partial charge in [0.2, 0.25) is 5.90 Å². The van der Waals surface area contributed by atoms with Crippen LogP contribution in [0.4, 0.5) is 0 Å². The second-order valence-corrected chi connectivity index (χ2v) is 5.20. The molecule has 0 bridgehead atoms. The minimum absolute atomic E-state index is 0.225. The fourth-order valence-electron chi connectivity index (χ4n) is 1.53. The first-order valence-electron chi connectivity index (χ1n) is 5.28. The van der Waals surface area contributed by atoms with Gasteiger partial charge < -0.3 is 4.74 Å². The summed E-state index contributed by atoms with van der Waals surface area (Å²) in [4.78, 5) is 15.9. The molecule has 2 heterocycles. The lowest BCUT2D eigenvalue weighted by atomic mass is 10.2. The smallest absolute Gasteiger partial charge is 0.363 e. The average Bonchev–Trinajstić information content (AvgIpc) is 3.01. The highest BCUT2D eigenvalue weighted by Crippen LogP contribution is 2.20. The van der Waals surface area contributed by atoms with Crippen molar-refractivity contribution < 1.29 is 9.53 Å². The van der Waals surface area contributed by atoms with E-state index in [-0.39, 0.29) is 5.70 Å². The summed E-state index contributed by atoms with van der Waals surface area (Å²) < 4.78 is 9.75. The number of halogens is 1. The molecule has 0 spiro atoms. The second-order valence-electron chi connectivity index (χ2n) is 3.68. The maximum absolute atomic E-state index is 11.7. The molecule has 1 aromatic heterocycles. The van der Waals surface area contributed by atoms with Gasteiger partial charge in [-0.2, -0.15) is 0 Å². The van der Waals surface area contributed by atoms with E-state index in [0.717, 1.165) is 10.0 Å². The molecule has 1 aliphatic heterocycles. The number of esters is 1. The van der Waals surface area contributed by atoms with Crippen molar-refractivity contribution in [3.8, 4) is 0 Å². The predicted octanol–water partition coefficient (Wildman–Crippen LogP) is 2.65. The number of cyclic esters (lactones) is 1. The molecule has 3 rings (SSSR count). The minimum Gasteiger partial charge on any atom is -0.402 e. The first-order chi connectivity index (χ1) is 9.22. The number of aliphatic imine (C=N–C) groups is 1. The Kier molecular flexibility index (Phi) is 3.22. The summed E-state index contributed by atoms with van der Waals surface area (Å²) in [5.74, 6) is -0.191. The standard InChI is InChI=1S/C12H6BrN3O2S/c13-8-3-1-2-7(4-8)11-14-10(12(17)18-11)5-9-6-19-16-15-9/h1-6H. The predicted molar refractivity (Wildman–Crippen MR) is 74.7 cm³/mol. The summed E-state index contributed by atoms with van der Waals surface area (Å²) in [6.07, 6.45) is 1.55. The number of rotatable bonds is 2. The van der Waals surface area contributed by atoms with Crippen LogP contribution >= 0.6 is 27.5 Å². The fraction of sp³-hybridized carbons (Fsp3) is 0. The molecule has 0 fully saturated rings. The third-order valence-corrected chi connectivity index (χ3v) is 3.37. The molecule has 2 aromatic rings. The van der Waals surface area contributed by atoms with E-state index < -0.39 is 5.97 Å². The van der Waals surface area contributed by atoms with E-state index in [2.05, 4.69) is 30.5 Å². The van der Waals surface area contributed by atoms with Crippen LogP contribution in [0.25, 0.3) is 6.08 Å². The normalized spacial score (nSPS) is 16.6. The second kappa shape index (κ2) is 5.02.